The van der Waals surface area contributed by atoms with E-state index in [1.54, 1.807) is 6.92 Å². The molecule has 29 heavy (non-hydrogen) atoms. The molecule has 1 N–H and O–H groups in total. The van der Waals surface area contributed by atoms with Crippen molar-refractivity contribution in [2.45, 2.75) is 53.0 Å². The zero-order chi connectivity index (χ0) is 21.3. The lowest BCUT2D eigenvalue weighted by molar-refractivity contribution is -0.141. The van der Waals surface area contributed by atoms with Crippen molar-refractivity contribution >= 4 is 17.7 Å². The van der Waals surface area contributed by atoms with E-state index in [9.17, 15) is 14.4 Å². The van der Waals surface area contributed by atoms with Gasteiger partial charge in [0.15, 0.2) is 11.5 Å². The van der Waals surface area contributed by atoms with Crippen LogP contribution in [0.2, 0.25) is 0 Å². The Bertz CT molecular complexity index is 952. The molecule has 0 unspecified atom stereocenters. The molecule has 0 aliphatic heterocycles. The number of furan rings is 1. The predicted octanol–water partition coefficient (Wildman–Crippen LogP) is 4.09. The second-order valence-electron chi connectivity index (χ2n) is 8.51. The molecular formula is C23H27NO5. The van der Waals surface area contributed by atoms with Crippen molar-refractivity contribution in [3.8, 4) is 0 Å². The molecule has 154 valence electrons. The number of Topliss-reactive ketones (excluding diaryl/α,β-unsaturated/α-hetero) is 1. The van der Waals surface area contributed by atoms with Crippen molar-refractivity contribution in [1.82, 2.24) is 5.32 Å². The van der Waals surface area contributed by atoms with Crippen LogP contribution in [0.15, 0.2) is 28.7 Å². The van der Waals surface area contributed by atoms with Crippen LogP contribution in [0.3, 0.4) is 0 Å². The zero-order valence-corrected chi connectivity index (χ0v) is 17.5. The smallest absolute Gasteiger partial charge is 0.307 e. The molecule has 6 nitrogen and oxygen atoms in total. The van der Waals surface area contributed by atoms with Gasteiger partial charge < -0.3 is 14.5 Å². The van der Waals surface area contributed by atoms with Gasteiger partial charge in [-0.05, 0) is 24.8 Å². The van der Waals surface area contributed by atoms with Gasteiger partial charge in [-0.25, -0.2) is 0 Å². The number of hydrogen-bond donors (Lipinski definition) is 1. The summed E-state index contributed by atoms with van der Waals surface area (Å²) in [6.07, 6.45) is 1.03. The summed E-state index contributed by atoms with van der Waals surface area (Å²) < 4.78 is 10.6. The Balaban J connectivity index is 1.89. The Morgan fingerprint density at radius 2 is 1.83 bits per heavy atom. The maximum Gasteiger partial charge on any atom is 0.307 e. The maximum atomic E-state index is 13.0. The SMILES string of the molecule is COC(=O)C[C@@H](NC(=O)c1oc2c(c1C)C(=O)CC(C)(C)C2)c1ccc(C)cc1. The number of aryl methyl sites for hydroxylation is 1. The van der Waals surface area contributed by atoms with Crippen molar-refractivity contribution in [2.75, 3.05) is 7.11 Å². The predicted molar refractivity (Wildman–Crippen MR) is 108 cm³/mol. The fourth-order valence-electron chi connectivity index (χ4n) is 3.82. The van der Waals surface area contributed by atoms with Crippen LogP contribution in [0.1, 0.15) is 76.1 Å². The number of hydrogen-bond acceptors (Lipinski definition) is 5. The van der Waals surface area contributed by atoms with Gasteiger partial charge in [-0.3, -0.25) is 14.4 Å². The van der Waals surface area contributed by atoms with Gasteiger partial charge in [0.1, 0.15) is 5.76 Å². The highest BCUT2D eigenvalue weighted by molar-refractivity contribution is 6.04. The second kappa shape index (κ2) is 7.85. The van der Waals surface area contributed by atoms with E-state index >= 15 is 0 Å². The molecule has 2 aromatic rings. The summed E-state index contributed by atoms with van der Waals surface area (Å²) in [5.74, 6) is -0.182. The van der Waals surface area contributed by atoms with Gasteiger partial charge >= 0.3 is 5.97 Å². The number of nitrogens with one attached hydrogen (secondary N) is 1. The number of methoxy groups -OCH3 is 1. The Labute approximate surface area is 170 Å². The molecule has 0 spiro atoms. The van der Waals surface area contributed by atoms with E-state index in [4.69, 9.17) is 9.15 Å². The molecule has 6 heteroatoms. The Hall–Kier alpha value is -2.89. The highest BCUT2D eigenvalue weighted by Gasteiger charge is 2.37. The monoisotopic (exact) mass is 397 g/mol. The van der Waals surface area contributed by atoms with Crippen LogP contribution in [-0.2, 0) is 16.0 Å². The molecule has 1 heterocycles. The van der Waals surface area contributed by atoms with Gasteiger partial charge in [0.05, 0.1) is 25.1 Å². The van der Waals surface area contributed by atoms with Crippen molar-refractivity contribution in [3.05, 3.63) is 58.0 Å². The number of rotatable bonds is 5. The van der Waals surface area contributed by atoms with Gasteiger partial charge in [0.25, 0.3) is 5.91 Å². The summed E-state index contributed by atoms with van der Waals surface area (Å²) in [6.45, 7) is 7.71. The second-order valence-corrected chi connectivity index (χ2v) is 8.51. The number of carbonyl (C=O) groups excluding carboxylic acids is 3. The number of fused-ring (bicyclic) bond motifs is 1. The highest BCUT2D eigenvalue weighted by Crippen LogP contribution is 2.38. The normalized spacial score (nSPS) is 16.1. The van der Waals surface area contributed by atoms with Crippen molar-refractivity contribution in [1.29, 1.82) is 0 Å². The molecule has 1 aliphatic rings. The lowest BCUT2D eigenvalue weighted by Gasteiger charge is -2.27. The average Bonchev–Trinajstić information content (AvgIpc) is 2.97. The van der Waals surface area contributed by atoms with Crippen LogP contribution >= 0.6 is 0 Å². The summed E-state index contributed by atoms with van der Waals surface area (Å²) in [6, 6.07) is 7.02. The van der Waals surface area contributed by atoms with E-state index in [0.717, 1.165) is 11.1 Å². The molecule has 1 amide bonds. The number of ether oxygens (including phenoxy) is 1. The topological polar surface area (TPSA) is 85.6 Å². The van der Waals surface area contributed by atoms with E-state index in [1.165, 1.54) is 7.11 Å². The van der Waals surface area contributed by atoms with E-state index in [0.29, 0.717) is 29.7 Å². The Kier molecular flexibility index (Phi) is 5.64. The summed E-state index contributed by atoms with van der Waals surface area (Å²) in [5.41, 5.74) is 2.75. The number of carbonyl (C=O) groups is 3. The van der Waals surface area contributed by atoms with Crippen LogP contribution in [0.4, 0.5) is 0 Å². The summed E-state index contributed by atoms with van der Waals surface area (Å²) in [4.78, 5) is 37.4. The summed E-state index contributed by atoms with van der Waals surface area (Å²) in [5, 5.41) is 2.88. The van der Waals surface area contributed by atoms with Gasteiger partial charge in [0.2, 0.25) is 0 Å². The van der Waals surface area contributed by atoms with Crippen LogP contribution in [0, 0.1) is 19.3 Å². The molecule has 0 fully saturated rings. The number of esters is 1. The van der Waals surface area contributed by atoms with Crippen LogP contribution in [0.5, 0.6) is 0 Å². The highest BCUT2D eigenvalue weighted by atomic mass is 16.5. The van der Waals surface area contributed by atoms with Gasteiger partial charge in [-0.2, -0.15) is 0 Å². The maximum absolute atomic E-state index is 13.0. The fraction of sp³-hybridized carbons (Fsp3) is 0.435. The molecule has 1 aromatic heterocycles. The third-order valence-electron chi connectivity index (χ3n) is 5.37. The van der Waals surface area contributed by atoms with E-state index in [-0.39, 0.29) is 23.4 Å². The molecule has 0 saturated heterocycles. The van der Waals surface area contributed by atoms with Gasteiger partial charge in [-0.1, -0.05) is 43.7 Å². The molecule has 0 saturated carbocycles. The Morgan fingerprint density at radius 3 is 2.45 bits per heavy atom. The zero-order valence-electron chi connectivity index (χ0n) is 17.5. The molecule has 1 aromatic carbocycles. The van der Waals surface area contributed by atoms with E-state index in [1.807, 2.05) is 45.0 Å². The molecule has 1 aliphatic carbocycles. The number of ketones is 1. The van der Waals surface area contributed by atoms with Crippen molar-refractivity contribution in [3.63, 3.8) is 0 Å². The first kappa shape index (κ1) is 20.8. The van der Waals surface area contributed by atoms with Crippen molar-refractivity contribution < 1.29 is 23.5 Å². The standard InChI is InChI=1S/C23H27NO5/c1-13-6-8-15(9-7-13)16(10-19(26)28-5)24-22(27)21-14(2)20-17(25)11-23(3,4)12-18(20)29-21/h6-9,16H,10-12H2,1-5H3,(H,24,27)/t16-/m1/s1. The minimum Gasteiger partial charge on any atom is -0.469 e. The van der Waals surface area contributed by atoms with Crippen LogP contribution in [-0.4, -0.2) is 24.8 Å². The molecule has 0 bridgehead atoms. The molecule has 3 rings (SSSR count). The fourth-order valence-corrected chi connectivity index (χ4v) is 3.82. The quantitative estimate of drug-likeness (QED) is 0.768. The van der Waals surface area contributed by atoms with Gasteiger partial charge in [-0.15, -0.1) is 0 Å². The molecule has 1 atom stereocenters. The van der Waals surface area contributed by atoms with Crippen LogP contribution in [0.25, 0.3) is 0 Å². The summed E-state index contributed by atoms with van der Waals surface area (Å²) >= 11 is 0. The largest absolute Gasteiger partial charge is 0.469 e. The number of amides is 1. The average molecular weight is 397 g/mol. The third-order valence-corrected chi connectivity index (χ3v) is 5.37. The lowest BCUT2D eigenvalue weighted by atomic mass is 9.76. The van der Waals surface area contributed by atoms with Crippen LogP contribution < -0.4 is 5.32 Å². The third kappa shape index (κ3) is 4.42. The van der Waals surface area contributed by atoms with Gasteiger partial charge in [0, 0.05) is 18.4 Å². The molecule has 0 radical (unpaired) electrons. The van der Waals surface area contributed by atoms with Crippen molar-refractivity contribution in [2.24, 2.45) is 5.41 Å². The first-order chi connectivity index (χ1) is 13.6. The van der Waals surface area contributed by atoms with E-state index in [2.05, 4.69) is 5.32 Å². The number of benzene rings is 1. The summed E-state index contributed by atoms with van der Waals surface area (Å²) in [7, 11) is 1.31. The first-order valence-corrected chi connectivity index (χ1v) is 9.71. The first-order valence-electron chi connectivity index (χ1n) is 9.71. The minimum atomic E-state index is -0.566. The van der Waals surface area contributed by atoms with E-state index < -0.39 is 17.9 Å². The minimum absolute atomic E-state index is 0.00111. The lowest BCUT2D eigenvalue weighted by Crippen LogP contribution is -2.30. The molecular weight excluding hydrogens is 370 g/mol. The Morgan fingerprint density at radius 1 is 1.17 bits per heavy atom.